The van der Waals surface area contributed by atoms with Crippen LogP contribution in [0.4, 0.5) is 0 Å². The maximum absolute atomic E-state index is 12.4. The van der Waals surface area contributed by atoms with Crippen LogP contribution in [0.5, 0.6) is 11.5 Å². The van der Waals surface area contributed by atoms with E-state index in [9.17, 15) is 10.1 Å². The smallest absolute Gasteiger partial charge is 0.262 e. The highest BCUT2D eigenvalue weighted by molar-refractivity contribution is 6.01. The van der Waals surface area contributed by atoms with Gasteiger partial charge in [-0.3, -0.25) is 4.79 Å². The average Bonchev–Trinajstić information content (AvgIpc) is 2.66. The fourth-order valence-electron chi connectivity index (χ4n) is 3.04. The van der Waals surface area contributed by atoms with E-state index in [1.54, 1.807) is 12.1 Å². The molecule has 0 aliphatic heterocycles. The van der Waals surface area contributed by atoms with Crippen molar-refractivity contribution in [2.45, 2.75) is 58.4 Å². The van der Waals surface area contributed by atoms with Crippen molar-refractivity contribution in [3.8, 4) is 17.6 Å². The van der Waals surface area contributed by atoms with Crippen LogP contribution in [-0.4, -0.2) is 25.2 Å². The summed E-state index contributed by atoms with van der Waals surface area (Å²) in [5.74, 6) is 0.999. The molecule has 0 bridgehead atoms. The minimum Gasteiger partial charge on any atom is -0.490 e. The van der Waals surface area contributed by atoms with Crippen molar-refractivity contribution < 1.29 is 14.3 Å². The number of hydrogen-bond acceptors (Lipinski definition) is 4. The number of ether oxygens (including phenoxy) is 2. The highest BCUT2D eigenvalue weighted by atomic mass is 16.5. The van der Waals surface area contributed by atoms with Crippen LogP contribution < -0.4 is 14.8 Å². The van der Waals surface area contributed by atoms with Gasteiger partial charge in [0, 0.05) is 6.04 Å². The molecule has 0 atom stereocenters. The van der Waals surface area contributed by atoms with Crippen molar-refractivity contribution in [1.29, 1.82) is 5.26 Å². The number of amides is 1. The Bertz CT molecular complexity index is 670. The molecule has 1 aromatic carbocycles. The Morgan fingerprint density at radius 3 is 2.65 bits per heavy atom. The maximum Gasteiger partial charge on any atom is 0.262 e. The van der Waals surface area contributed by atoms with E-state index in [0.717, 1.165) is 37.7 Å². The van der Waals surface area contributed by atoms with Crippen LogP contribution in [0.15, 0.2) is 23.8 Å². The topological polar surface area (TPSA) is 71.3 Å². The van der Waals surface area contributed by atoms with Crippen LogP contribution >= 0.6 is 0 Å². The lowest BCUT2D eigenvalue weighted by atomic mass is 9.95. The predicted molar refractivity (Wildman–Crippen MR) is 102 cm³/mol. The maximum atomic E-state index is 12.4. The van der Waals surface area contributed by atoms with Gasteiger partial charge in [0.05, 0.1) is 13.2 Å². The first-order valence-electron chi connectivity index (χ1n) is 9.50. The molecule has 1 N–H and O–H groups in total. The summed E-state index contributed by atoms with van der Waals surface area (Å²) in [7, 11) is 0. The quantitative estimate of drug-likeness (QED) is 0.559. The molecule has 1 amide bonds. The van der Waals surface area contributed by atoms with Gasteiger partial charge >= 0.3 is 0 Å². The first kappa shape index (κ1) is 19.8. The molecule has 1 aliphatic carbocycles. The lowest BCUT2D eigenvalue weighted by Gasteiger charge is -2.22. The van der Waals surface area contributed by atoms with E-state index >= 15 is 0 Å². The zero-order valence-corrected chi connectivity index (χ0v) is 15.7. The van der Waals surface area contributed by atoms with Gasteiger partial charge in [-0.15, -0.1) is 0 Å². The SMILES string of the molecule is CCCOc1ccc(C=C(C#N)C(=O)NC2CCCCC2)cc1OCC. The van der Waals surface area contributed by atoms with Crippen molar-refractivity contribution in [2.24, 2.45) is 0 Å². The van der Waals surface area contributed by atoms with Crippen LogP contribution in [0.1, 0.15) is 57.9 Å². The number of benzene rings is 1. The number of carbonyl (C=O) groups excluding carboxylic acids is 1. The summed E-state index contributed by atoms with van der Waals surface area (Å²) in [6, 6.07) is 7.65. The molecular formula is C21H28N2O3. The highest BCUT2D eigenvalue weighted by Gasteiger charge is 2.18. The van der Waals surface area contributed by atoms with Crippen LogP contribution in [0.25, 0.3) is 6.08 Å². The third-order valence-electron chi connectivity index (χ3n) is 4.35. The molecule has 0 aromatic heterocycles. The highest BCUT2D eigenvalue weighted by Crippen LogP contribution is 2.29. The van der Waals surface area contributed by atoms with E-state index in [0.29, 0.717) is 24.7 Å². The van der Waals surface area contributed by atoms with Crippen molar-refractivity contribution >= 4 is 12.0 Å². The normalized spacial score (nSPS) is 15.2. The van der Waals surface area contributed by atoms with E-state index in [-0.39, 0.29) is 17.5 Å². The fourth-order valence-corrected chi connectivity index (χ4v) is 3.04. The molecule has 0 heterocycles. The molecule has 2 rings (SSSR count). The monoisotopic (exact) mass is 356 g/mol. The summed E-state index contributed by atoms with van der Waals surface area (Å²) in [6.45, 7) is 5.08. The van der Waals surface area contributed by atoms with Crippen LogP contribution in [0, 0.1) is 11.3 Å². The lowest BCUT2D eigenvalue weighted by Crippen LogP contribution is -2.36. The average molecular weight is 356 g/mol. The molecule has 1 fully saturated rings. The van der Waals surface area contributed by atoms with E-state index in [4.69, 9.17) is 9.47 Å². The Balaban J connectivity index is 2.14. The van der Waals surface area contributed by atoms with Gasteiger partial charge in [0.15, 0.2) is 11.5 Å². The molecule has 140 valence electrons. The van der Waals surface area contributed by atoms with Gasteiger partial charge in [0.1, 0.15) is 11.6 Å². The number of nitriles is 1. The third-order valence-corrected chi connectivity index (χ3v) is 4.35. The van der Waals surface area contributed by atoms with E-state index in [1.807, 2.05) is 32.0 Å². The van der Waals surface area contributed by atoms with Crippen molar-refractivity contribution in [2.75, 3.05) is 13.2 Å². The van der Waals surface area contributed by atoms with Gasteiger partial charge in [-0.2, -0.15) is 5.26 Å². The first-order chi connectivity index (χ1) is 12.7. The summed E-state index contributed by atoms with van der Waals surface area (Å²) in [5.41, 5.74) is 0.855. The molecule has 1 aliphatic rings. The molecule has 26 heavy (non-hydrogen) atoms. The molecular weight excluding hydrogens is 328 g/mol. The second-order valence-corrected chi connectivity index (χ2v) is 6.47. The Kier molecular flexibility index (Phi) is 8.01. The summed E-state index contributed by atoms with van der Waals surface area (Å²) in [6.07, 6.45) is 7.98. The Morgan fingerprint density at radius 2 is 2.00 bits per heavy atom. The molecule has 0 unspecified atom stereocenters. The number of carbonyl (C=O) groups is 1. The summed E-state index contributed by atoms with van der Waals surface area (Å²) >= 11 is 0. The van der Waals surface area contributed by atoms with E-state index < -0.39 is 0 Å². The lowest BCUT2D eigenvalue weighted by molar-refractivity contribution is -0.117. The number of rotatable bonds is 8. The summed E-state index contributed by atoms with van der Waals surface area (Å²) < 4.78 is 11.3. The zero-order chi connectivity index (χ0) is 18.8. The largest absolute Gasteiger partial charge is 0.490 e. The molecule has 0 radical (unpaired) electrons. The van der Waals surface area contributed by atoms with Crippen molar-refractivity contribution in [1.82, 2.24) is 5.32 Å². The van der Waals surface area contributed by atoms with Crippen LogP contribution in [0.2, 0.25) is 0 Å². The number of nitrogens with zero attached hydrogens (tertiary/aromatic N) is 1. The van der Waals surface area contributed by atoms with Gasteiger partial charge in [0.2, 0.25) is 0 Å². The molecule has 5 heteroatoms. The van der Waals surface area contributed by atoms with Gasteiger partial charge < -0.3 is 14.8 Å². The second-order valence-electron chi connectivity index (χ2n) is 6.47. The molecule has 0 spiro atoms. The summed E-state index contributed by atoms with van der Waals surface area (Å²) in [5, 5.41) is 12.4. The van der Waals surface area contributed by atoms with E-state index in [2.05, 4.69) is 5.32 Å². The number of nitrogens with one attached hydrogen (secondary N) is 1. The minimum absolute atomic E-state index is 0.111. The van der Waals surface area contributed by atoms with Gasteiger partial charge in [-0.05, 0) is 50.0 Å². The predicted octanol–water partition coefficient (Wildman–Crippen LogP) is 4.23. The zero-order valence-electron chi connectivity index (χ0n) is 15.7. The Hall–Kier alpha value is -2.48. The van der Waals surface area contributed by atoms with Crippen molar-refractivity contribution in [3.05, 3.63) is 29.3 Å². The van der Waals surface area contributed by atoms with Gasteiger partial charge in [-0.1, -0.05) is 32.3 Å². The third kappa shape index (κ3) is 5.80. The van der Waals surface area contributed by atoms with Gasteiger partial charge in [-0.25, -0.2) is 0 Å². The molecule has 0 saturated heterocycles. The van der Waals surface area contributed by atoms with Crippen molar-refractivity contribution in [3.63, 3.8) is 0 Å². The minimum atomic E-state index is -0.302. The molecule has 1 aromatic rings. The Morgan fingerprint density at radius 1 is 1.23 bits per heavy atom. The Labute approximate surface area is 156 Å². The van der Waals surface area contributed by atoms with Crippen LogP contribution in [-0.2, 0) is 4.79 Å². The second kappa shape index (κ2) is 10.5. The molecule has 1 saturated carbocycles. The van der Waals surface area contributed by atoms with Gasteiger partial charge in [0.25, 0.3) is 5.91 Å². The van der Waals surface area contributed by atoms with Crippen LogP contribution in [0.3, 0.4) is 0 Å². The molecule has 5 nitrogen and oxygen atoms in total. The number of hydrogen-bond donors (Lipinski definition) is 1. The summed E-state index contributed by atoms with van der Waals surface area (Å²) in [4.78, 5) is 12.4. The fraction of sp³-hybridized carbons (Fsp3) is 0.524. The standard InChI is InChI=1S/C21H28N2O3/c1-3-12-26-19-11-10-16(14-20(19)25-4-2)13-17(15-22)21(24)23-18-8-6-5-7-9-18/h10-11,13-14,18H,3-9,12H2,1-2H3,(H,23,24). The first-order valence-corrected chi connectivity index (χ1v) is 9.50. The van der Waals surface area contributed by atoms with E-state index in [1.165, 1.54) is 6.42 Å².